The fraction of sp³-hybridized carbons (Fsp3) is 0.462. The highest BCUT2D eigenvalue weighted by molar-refractivity contribution is 6.00. The molecule has 1 fully saturated rings. The van der Waals surface area contributed by atoms with Crippen molar-refractivity contribution in [2.24, 2.45) is 11.8 Å². The Morgan fingerprint density at radius 2 is 2.11 bits per heavy atom. The zero-order chi connectivity index (χ0) is 25.9. The van der Waals surface area contributed by atoms with Crippen LogP contribution < -0.4 is 10.6 Å². The van der Waals surface area contributed by atoms with Crippen molar-refractivity contribution in [1.82, 2.24) is 19.9 Å². The number of methoxy groups -OCH3 is 1. The second-order valence-electron chi connectivity index (χ2n) is 9.79. The standard InChI is InChI=1S/C26H31FN6O3/c1-26(2,35)24(27)14-31-25(34)20-13-30-22(9-21(20)29-12-17-4-5-18(17)15-36-3)23-7-6-19-8-16(10-28)11-32-33(19)23/h6-9,11,13,17-18,24,35H,4-5,12,14-15H2,1-3H3,(H,29,30)(H,31,34)/t17?,18?,24-/m1/s1. The zero-order valence-electron chi connectivity index (χ0n) is 20.7. The summed E-state index contributed by atoms with van der Waals surface area (Å²) >= 11 is 0. The van der Waals surface area contributed by atoms with Crippen LogP contribution in [0.4, 0.5) is 10.1 Å². The molecule has 4 rings (SSSR count). The summed E-state index contributed by atoms with van der Waals surface area (Å²) < 4.78 is 21.2. The molecule has 0 aliphatic heterocycles. The number of aliphatic hydroxyl groups is 1. The SMILES string of the molecule is COCC1CCC1CNc1cc(-c2ccc3cc(C#N)cnn23)ncc1C(=O)NC[C@@H](F)C(C)(C)O. The topological polar surface area (TPSA) is 125 Å². The van der Waals surface area contributed by atoms with Crippen molar-refractivity contribution in [3.63, 3.8) is 0 Å². The molecule has 3 heterocycles. The van der Waals surface area contributed by atoms with E-state index in [0.29, 0.717) is 47.6 Å². The average Bonchev–Trinajstić information content (AvgIpc) is 3.27. The maximum atomic E-state index is 14.2. The Bertz CT molecular complexity index is 1280. The van der Waals surface area contributed by atoms with Crippen LogP contribution in [0, 0.1) is 23.2 Å². The van der Waals surface area contributed by atoms with Crippen molar-refractivity contribution in [3.8, 4) is 17.5 Å². The molecule has 0 saturated heterocycles. The van der Waals surface area contributed by atoms with E-state index in [-0.39, 0.29) is 12.1 Å². The van der Waals surface area contributed by atoms with E-state index in [2.05, 4.69) is 26.8 Å². The second-order valence-corrected chi connectivity index (χ2v) is 9.79. The van der Waals surface area contributed by atoms with Gasteiger partial charge >= 0.3 is 0 Å². The minimum absolute atomic E-state index is 0.282. The number of amides is 1. The Labute approximate surface area is 209 Å². The molecule has 190 valence electrons. The van der Waals surface area contributed by atoms with Gasteiger partial charge in [-0.1, -0.05) is 0 Å². The quantitative estimate of drug-likeness (QED) is 0.395. The van der Waals surface area contributed by atoms with Gasteiger partial charge in [0.05, 0.1) is 52.1 Å². The van der Waals surface area contributed by atoms with Crippen molar-refractivity contribution >= 4 is 17.1 Å². The van der Waals surface area contributed by atoms with Crippen LogP contribution in [0.3, 0.4) is 0 Å². The summed E-state index contributed by atoms with van der Waals surface area (Å²) in [4.78, 5) is 17.5. The van der Waals surface area contributed by atoms with E-state index in [1.165, 1.54) is 26.2 Å². The number of nitriles is 1. The summed E-state index contributed by atoms with van der Waals surface area (Å²) in [6.45, 7) is 3.75. The molecule has 1 saturated carbocycles. The van der Waals surface area contributed by atoms with Gasteiger partial charge in [0.15, 0.2) is 0 Å². The highest BCUT2D eigenvalue weighted by atomic mass is 19.1. The van der Waals surface area contributed by atoms with E-state index >= 15 is 0 Å². The summed E-state index contributed by atoms with van der Waals surface area (Å²) in [6.07, 6.45) is 3.51. The molecule has 3 aromatic heterocycles. The van der Waals surface area contributed by atoms with E-state index in [1.54, 1.807) is 23.8 Å². The number of anilines is 1. The fourth-order valence-corrected chi connectivity index (χ4v) is 4.29. The van der Waals surface area contributed by atoms with E-state index in [0.717, 1.165) is 18.4 Å². The molecule has 1 amide bonds. The largest absolute Gasteiger partial charge is 0.387 e. The smallest absolute Gasteiger partial charge is 0.255 e. The Hall–Kier alpha value is -3.55. The van der Waals surface area contributed by atoms with Crippen LogP contribution in [0.2, 0.25) is 0 Å². The third kappa shape index (κ3) is 5.48. The third-order valence-electron chi connectivity index (χ3n) is 6.76. The van der Waals surface area contributed by atoms with Crippen molar-refractivity contribution in [2.45, 2.75) is 38.5 Å². The summed E-state index contributed by atoms with van der Waals surface area (Å²) in [5.74, 6) is 0.402. The first kappa shape index (κ1) is 25.5. The number of carbonyl (C=O) groups is 1. The summed E-state index contributed by atoms with van der Waals surface area (Å²) in [5, 5.41) is 29.3. The van der Waals surface area contributed by atoms with Gasteiger partial charge in [-0.3, -0.25) is 9.78 Å². The van der Waals surface area contributed by atoms with Crippen LogP contribution in [0.15, 0.2) is 36.7 Å². The van der Waals surface area contributed by atoms with Gasteiger partial charge in [0.2, 0.25) is 0 Å². The minimum Gasteiger partial charge on any atom is -0.387 e. The molecule has 0 aromatic carbocycles. The van der Waals surface area contributed by atoms with Crippen molar-refractivity contribution < 1.29 is 19.0 Å². The third-order valence-corrected chi connectivity index (χ3v) is 6.76. The van der Waals surface area contributed by atoms with Crippen LogP contribution in [0.5, 0.6) is 0 Å². The average molecular weight is 495 g/mol. The Morgan fingerprint density at radius 3 is 2.78 bits per heavy atom. The van der Waals surface area contributed by atoms with Crippen LogP contribution >= 0.6 is 0 Å². The number of alkyl halides is 1. The molecule has 0 spiro atoms. The number of carbonyl (C=O) groups excluding carboxylic acids is 1. The number of nitrogens with one attached hydrogen (secondary N) is 2. The van der Waals surface area contributed by atoms with Crippen LogP contribution in [0.25, 0.3) is 16.9 Å². The summed E-state index contributed by atoms with van der Waals surface area (Å²) in [5.41, 5.74) is 1.79. The molecule has 3 N–H and O–H groups in total. The van der Waals surface area contributed by atoms with Crippen molar-refractivity contribution in [2.75, 3.05) is 32.1 Å². The Kier molecular flexibility index (Phi) is 7.52. The molecular weight excluding hydrogens is 463 g/mol. The zero-order valence-corrected chi connectivity index (χ0v) is 20.7. The van der Waals surface area contributed by atoms with E-state index in [9.17, 15) is 14.3 Å². The predicted molar refractivity (Wildman–Crippen MR) is 133 cm³/mol. The lowest BCUT2D eigenvalue weighted by Gasteiger charge is -2.36. The molecule has 3 atom stereocenters. The number of hydrogen-bond acceptors (Lipinski definition) is 7. The normalized spacial score (nSPS) is 18.3. The van der Waals surface area contributed by atoms with Gasteiger partial charge in [-0.05, 0) is 62.8 Å². The molecule has 36 heavy (non-hydrogen) atoms. The molecule has 10 heteroatoms. The minimum atomic E-state index is -1.62. The maximum absolute atomic E-state index is 14.2. The molecule has 0 radical (unpaired) electrons. The molecular formula is C26H31FN6O3. The van der Waals surface area contributed by atoms with Crippen LogP contribution in [-0.2, 0) is 4.74 Å². The Morgan fingerprint density at radius 1 is 1.33 bits per heavy atom. The number of hydrogen-bond donors (Lipinski definition) is 3. The molecule has 1 aliphatic carbocycles. The van der Waals surface area contributed by atoms with Gasteiger partial charge in [-0.2, -0.15) is 10.4 Å². The first-order chi connectivity index (χ1) is 17.2. The number of nitrogens with zero attached hydrogens (tertiary/aromatic N) is 4. The number of halogens is 1. The number of pyridine rings is 1. The highest BCUT2D eigenvalue weighted by Gasteiger charge is 2.31. The van der Waals surface area contributed by atoms with E-state index in [4.69, 9.17) is 10.00 Å². The van der Waals surface area contributed by atoms with Crippen LogP contribution in [0.1, 0.15) is 42.6 Å². The summed E-state index contributed by atoms with van der Waals surface area (Å²) in [6, 6.07) is 9.30. The van der Waals surface area contributed by atoms with Crippen molar-refractivity contribution in [1.29, 1.82) is 5.26 Å². The first-order valence-corrected chi connectivity index (χ1v) is 12.0. The van der Waals surface area contributed by atoms with Crippen LogP contribution in [-0.4, -0.2) is 64.2 Å². The number of rotatable bonds is 10. The molecule has 0 bridgehead atoms. The number of aromatic nitrogens is 3. The monoisotopic (exact) mass is 494 g/mol. The fourth-order valence-electron chi connectivity index (χ4n) is 4.29. The van der Waals surface area contributed by atoms with E-state index in [1.807, 2.05) is 12.1 Å². The number of fused-ring (bicyclic) bond motifs is 1. The van der Waals surface area contributed by atoms with Gasteiger partial charge in [-0.25, -0.2) is 8.91 Å². The van der Waals surface area contributed by atoms with Gasteiger partial charge in [0.25, 0.3) is 5.91 Å². The first-order valence-electron chi connectivity index (χ1n) is 12.0. The molecule has 9 nitrogen and oxygen atoms in total. The molecule has 1 aliphatic rings. The van der Waals surface area contributed by atoms with Gasteiger partial charge < -0.3 is 20.5 Å². The summed E-state index contributed by atoms with van der Waals surface area (Å²) in [7, 11) is 1.70. The molecule has 3 aromatic rings. The van der Waals surface area contributed by atoms with Gasteiger partial charge in [0, 0.05) is 26.5 Å². The Balaban J connectivity index is 1.61. The van der Waals surface area contributed by atoms with Gasteiger partial charge in [-0.15, -0.1) is 0 Å². The lowest BCUT2D eigenvalue weighted by molar-refractivity contribution is -0.00177. The number of ether oxygens (including phenoxy) is 1. The highest BCUT2D eigenvalue weighted by Crippen LogP contribution is 2.35. The lowest BCUT2D eigenvalue weighted by atomic mass is 9.74. The maximum Gasteiger partial charge on any atom is 0.255 e. The van der Waals surface area contributed by atoms with Crippen molar-refractivity contribution in [3.05, 3.63) is 47.8 Å². The van der Waals surface area contributed by atoms with Gasteiger partial charge in [0.1, 0.15) is 12.2 Å². The second kappa shape index (κ2) is 10.6. The molecule has 2 unspecified atom stereocenters. The lowest BCUT2D eigenvalue weighted by Crippen LogP contribution is -2.42. The van der Waals surface area contributed by atoms with E-state index < -0.39 is 17.7 Å². The predicted octanol–water partition coefficient (Wildman–Crippen LogP) is 3.19.